The Labute approximate surface area is 190 Å². The van der Waals surface area contributed by atoms with Gasteiger partial charge in [-0.05, 0) is 57.8 Å². The van der Waals surface area contributed by atoms with Crippen molar-refractivity contribution in [2.24, 2.45) is 0 Å². The van der Waals surface area contributed by atoms with Gasteiger partial charge in [0, 0.05) is 13.2 Å². The fraction of sp³-hybridized carbons (Fsp3) is 0.857. The second-order valence-corrected chi connectivity index (χ2v) is 8.49. The van der Waals surface area contributed by atoms with Gasteiger partial charge in [-0.1, -0.05) is 109 Å². The number of rotatable bonds is 22. The summed E-state index contributed by atoms with van der Waals surface area (Å²) in [7, 11) is 0. The van der Waals surface area contributed by atoms with E-state index in [-0.39, 0.29) is 0 Å². The van der Waals surface area contributed by atoms with Crippen LogP contribution in [0.2, 0.25) is 0 Å². The Morgan fingerprint density at radius 1 is 0.367 bits per heavy atom. The van der Waals surface area contributed by atoms with Crippen LogP contribution in [0.15, 0.2) is 24.3 Å². The van der Waals surface area contributed by atoms with E-state index in [1.165, 1.54) is 116 Å². The molecule has 0 unspecified atom stereocenters. The minimum Gasteiger partial charge on any atom is -0.396 e. The first kappa shape index (κ1) is 31.6. The van der Waals surface area contributed by atoms with E-state index in [0.717, 1.165) is 12.8 Å². The first-order valence-corrected chi connectivity index (χ1v) is 13.3. The van der Waals surface area contributed by atoms with Gasteiger partial charge in [-0.15, -0.1) is 0 Å². The Bertz CT molecular complexity index is 323. The minimum atomic E-state index is 0.354. The summed E-state index contributed by atoms with van der Waals surface area (Å²) in [6.07, 6.45) is 34.6. The summed E-state index contributed by atoms with van der Waals surface area (Å²) in [6.45, 7) is 5.20. The summed E-state index contributed by atoms with van der Waals surface area (Å²) >= 11 is 0. The Kier molecular flexibility index (Phi) is 34.8. The normalized spacial score (nSPS) is 11.3. The highest BCUT2D eigenvalue weighted by Gasteiger charge is 1.90. The number of allylic oxidation sites excluding steroid dienone is 4. The molecule has 0 saturated carbocycles. The molecule has 0 atom stereocenters. The average Bonchev–Trinajstić information content (AvgIpc) is 2.76. The van der Waals surface area contributed by atoms with Crippen LogP contribution in [-0.4, -0.2) is 23.4 Å². The van der Waals surface area contributed by atoms with Crippen molar-refractivity contribution in [1.82, 2.24) is 0 Å². The molecule has 0 heterocycles. The second-order valence-electron chi connectivity index (χ2n) is 8.49. The van der Waals surface area contributed by atoms with Crippen molar-refractivity contribution in [3.05, 3.63) is 24.3 Å². The maximum absolute atomic E-state index is 8.64. The summed E-state index contributed by atoms with van der Waals surface area (Å²) in [4.78, 5) is 0. The van der Waals surface area contributed by atoms with Crippen LogP contribution < -0.4 is 0 Å². The number of aliphatic hydroxyl groups is 2. The van der Waals surface area contributed by atoms with Gasteiger partial charge in [-0.25, -0.2) is 0 Å². The lowest BCUT2D eigenvalue weighted by molar-refractivity contribution is 0.282. The van der Waals surface area contributed by atoms with Gasteiger partial charge in [0.15, 0.2) is 0 Å². The van der Waals surface area contributed by atoms with E-state index in [2.05, 4.69) is 38.2 Å². The molecule has 0 fully saturated rings. The van der Waals surface area contributed by atoms with Gasteiger partial charge < -0.3 is 10.2 Å². The lowest BCUT2D eigenvalue weighted by Crippen LogP contribution is -1.83. The van der Waals surface area contributed by atoms with Crippen molar-refractivity contribution in [3.63, 3.8) is 0 Å². The first-order chi connectivity index (χ1) is 14.8. The number of hydrogen-bond acceptors (Lipinski definition) is 2. The highest BCUT2D eigenvalue weighted by atomic mass is 16.3. The molecular formula is C28H56O2. The van der Waals surface area contributed by atoms with Crippen molar-refractivity contribution in [2.75, 3.05) is 13.2 Å². The van der Waals surface area contributed by atoms with Crippen LogP contribution in [0.4, 0.5) is 0 Å². The molecule has 2 N–H and O–H groups in total. The van der Waals surface area contributed by atoms with Gasteiger partial charge in [0.25, 0.3) is 0 Å². The van der Waals surface area contributed by atoms with E-state index in [9.17, 15) is 0 Å². The zero-order valence-electron chi connectivity index (χ0n) is 20.8. The van der Waals surface area contributed by atoms with Gasteiger partial charge in [-0.2, -0.15) is 0 Å². The van der Waals surface area contributed by atoms with E-state index in [1.807, 2.05) is 0 Å². The second kappa shape index (κ2) is 33.0. The molecule has 180 valence electrons. The third-order valence-electron chi connectivity index (χ3n) is 5.34. The number of hydrogen-bond donors (Lipinski definition) is 2. The molecule has 0 aliphatic rings. The van der Waals surface area contributed by atoms with Crippen LogP contribution in [0, 0.1) is 0 Å². The van der Waals surface area contributed by atoms with Crippen LogP contribution in [0.3, 0.4) is 0 Å². The predicted octanol–water partition coefficient (Wildman–Crippen LogP) is 8.91. The highest BCUT2D eigenvalue weighted by Crippen LogP contribution is 2.09. The van der Waals surface area contributed by atoms with Crippen molar-refractivity contribution in [1.29, 1.82) is 0 Å². The lowest BCUT2D eigenvalue weighted by Gasteiger charge is -1.99. The van der Waals surface area contributed by atoms with Gasteiger partial charge in [0.1, 0.15) is 0 Å². The topological polar surface area (TPSA) is 40.5 Å². The maximum Gasteiger partial charge on any atom is 0.0431 e. The Morgan fingerprint density at radius 3 is 1.03 bits per heavy atom. The van der Waals surface area contributed by atoms with Crippen molar-refractivity contribution >= 4 is 0 Å². The van der Waals surface area contributed by atoms with Crippen LogP contribution >= 0.6 is 0 Å². The number of unbranched alkanes of at least 4 members (excludes halogenated alkanes) is 16. The molecule has 0 aromatic rings. The molecule has 2 heteroatoms. The quantitative estimate of drug-likeness (QED) is 0.134. The third kappa shape index (κ3) is 34.9. The van der Waals surface area contributed by atoms with Crippen LogP contribution in [-0.2, 0) is 0 Å². The van der Waals surface area contributed by atoms with E-state index in [0.29, 0.717) is 13.2 Å². The molecule has 0 radical (unpaired) electrons. The predicted molar refractivity (Wildman–Crippen MR) is 136 cm³/mol. The number of aliphatic hydroxyl groups excluding tert-OH is 2. The lowest BCUT2D eigenvalue weighted by atomic mass is 10.1. The SMILES string of the molecule is CCCC/C=C/CCCCCCO.CCCCC/C=C/CCCCCCCCCO. The van der Waals surface area contributed by atoms with Gasteiger partial charge >= 0.3 is 0 Å². The molecule has 30 heavy (non-hydrogen) atoms. The molecule has 0 aromatic heterocycles. The molecule has 0 spiro atoms. The zero-order valence-corrected chi connectivity index (χ0v) is 20.8. The third-order valence-corrected chi connectivity index (χ3v) is 5.34. The Balaban J connectivity index is 0. The molecule has 0 bridgehead atoms. The standard InChI is InChI=1S/C16H32O.C12H24O/c1-2-3-4-5-6-7-8-9-10-11-12-13-14-15-16-17;1-2-3-4-5-6-7-8-9-10-11-12-13/h6-7,17H,2-5,8-16H2,1H3;5-6,13H,2-4,7-12H2,1H3/b7-6+;6-5+. The molecule has 0 aliphatic heterocycles. The first-order valence-electron chi connectivity index (χ1n) is 13.3. The summed E-state index contributed by atoms with van der Waals surface area (Å²) in [5, 5.41) is 17.2. The molecule has 0 rings (SSSR count). The Hall–Kier alpha value is -0.600. The molecular weight excluding hydrogens is 368 g/mol. The summed E-state index contributed by atoms with van der Waals surface area (Å²) in [6, 6.07) is 0. The van der Waals surface area contributed by atoms with Crippen molar-refractivity contribution in [2.45, 2.75) is 142 Å². The monoisotopic (exact) mass is 424 g/mol. The van der Waals surface area contributed by atoms with Crippen LogP contribution in [0.5, 0.6) is 0 Å². The van der Waals surface area contributed by atoms with E-state index in [1.54, 1.807) is 0 Å². The summed E-state index contributed by atoms with van der Waals surface area (Å²) in [5.41, 5.74) is 0. The average molecular weight is 425 g/mol. The van der Waals surface area contributed by atoms with Gasteiger partial charge in [0.05, 0.1) is 0 Å². The fourth-order valence-corrected chi connectivity index (χ4v) is 3.29. The largest absolute Gasteiger partial charge is 0.396 e. The smallest absolute Gasteiger partial charge is 0.0431 e. The van der Waals surface area contributed by atoms with Gasteiger partial charge in [0.2, 0.25) is 0 Å². The summed E-state index contributed by atoms with van der Waals surface area (Å²) < 4.78 is 0. The van der Waals surface area contributed by atoms with Crippen molar-refractivity contribution < 1.29 is 10.2 Å². The summed E-state index contributed by atoms with van der Waals surface area (Å²) in [5.74, 6) is 0. The molecule has 0 saturated heterocycles. The molecule has 0 aromatic carbocycles. The minimum absolute atomic E-state index is 0.354. The molecule has 0 aliphatic carbocycles. The van der Waals surface area contributed by atoms with Crippen LogP contribution in [0.25, 0.3) is 0 Å². The van der Waals surface area contributed by atoms with Crippen molar-refractivity contribution in [3.8, 4) is 0 Å². The van der Waals surface area contributed by atoms with E-state index >= 15 is 0 Å². The highest BCUT2D eigenvalue weighted by molar-refractivity contribution is 4.81. The van der Waals surface area contributed by atoms with Gasteiger partial charge in [-0.3, -0.25) is 0 Å². The fourth-order valence-electron chi connectivity index (χ4n) is 3.29. The van der Waals surface area contributed by atoms with E-state index < -0.39 is 0 Å². The molecule has 0 amide bonds. The molecule has 2 nitrogen and oxygen atoms in total. The van der Waals surface area contributed by atoms with Crippen LogP contribution in [0.1, 0.15) is 142 Å². The maximum atomic E-state index is 8.64. The Morgan fingerprint density at radius 2 is 0.667 bits per heavy atom. The van der Waals surface area contributed by atoms with E-state index in [4.69, 9.17) is 10.2 Å². The zero-order chi connectivity index (χ0) is 22.4.